The van der Waals surface area contributed by atoms with Crippen LogP contribution in [0.4, 0.5) is 5.82 Å². The van der Waals surface area contributed by atoms with Gasteiger partial charge in [0.15, 0.2) is 5.82 Å². The summed E-state index contributed by atoms with van der Waals surface area (Å²) in [6.07, 6.45) is 5.45. The molecule has 1 amide bonds. The Kier molecular flexibility index (Phi) is 4.67. The fraction of sp³-hybridized carbons (Fsp3) is 0.111. The minimum absolute atomic E-state index is 0.212. The summed E-state index contributed by atoms with van der Waals surface area (Å²) in [6.45, 7) is 0.458. The zero-order chi connectivity index (χ0) is 18.6. The van der Waals surface area contributed by atoms with E-state index in [9.17, 15) is 4.79 Å². The van der Waals surface area contributed by atoms with Gasteiger partial charge in [-0.1, -0.05) is 6.07 Å². The molecule has 27 heavy (non-hydrogen) atoms. The van der Waals surface area contributed by atoms with Crippen molar-refractivity contribution >= 4 is 33.3 Å². The summed E-state index contributed by atoms with van der Waals surface area (Å²) in [4.78, 5) is 34.3. The van der Waals surface area contributed by atoms with E-state index in [1.165, 1.54) is 17.7 Å². The first-order valence-electron chi connectivity index (χ1n) is 8.21. The maximum atomic E-state index is 12.6. The molecule has 0 atom stereocenters. The van der Waals surface area contributed by atoms with Crippen molar-refractivity contribution in [2.24, 2.45) is 0 Å². The number of fused-ring (bicyclic) bond motifs is 1. The van der Waals surface area contributed by atoms with E-state index in [1.807, 2.05) is 24.3 Å². The summed E-state index contributed by atoms with van der Waals surface area (Å²) in [5, 5.41) is 5.20. The molecule has 0 radical (unpaired) electrons. The monoisotopic (exact) mass is 377 g/mol. The lowest BCUT2D eigenvalue weighted by molar-refractivity contribution is 0.0956. The predicted octanol–water partition coefficient (Wildman–Crippen LogP) is 2.10. The third-order valence-corrected chi connectivity index (χ3v) is 4.78. The molecular formula is C18H15N7OS. The lowest BCUT2D eigenvalue weighted by atomic mass is 10.2. The second kappa shape index (κ2) is 7.42. The van der Waals surface area contributed by atoms with Crippen molar-refractivity contribution in [1.29, 1.82) is 0 Å². The number of carbonyl (C=O) groups is 1. The van der Waals surface area contributed by atoms with Crippen molar-refractivity contribution in [3.63, 3.8) is 0 Å². The number of nitrogens with one attached hydrogen (secondary N) is 1. The van der Waals surface area contributed by atoms with Crippen LogP contribution in [0.15, 0.2) is 48.4 Å². The molecule has 0 aromatic carbocycles. The largest absolute Gasteiger partial charge is 0.383 e. The normalized spacial score (nSPS) is 10.8. The summed E-state index contributed by atoms with van der Waals surface area (Å²) in [5.41, 5.74) is 8.10. The highest BCUT2D eigenvalue weighted by atomic mass is 32.1. The highest BCUT2D eigenvalue weighted by molar-refractivity contribution is 7.17. The van der Waals surface area contributed by atoms with Crippen LogP contribution >= 0.6 is 11.3 Å². The van der Waals surface area contributed by atoms with Crippen LogP contribution in [0.2, 0.25) is 0 Å². The molecule has 3 N–H and O–H groups in total. The highest BCUT2D eigenvalue weighted by Crippen LogP contribution is 2.30. The molecule has 4 aromatic heterocycles. The number of hydrogen-bond donors (Lipinski definition) is 2. The van der Waals surface area contributed by atoms with E-state index in [4.69, 9.17) is 5.73 Å². The van der Waals surface area contributed by atoms with Gasteiger partial charge in [-0.25, -0.2) is 19.9 Å². The molecule has 4 heterocycles. The van der Waals surface area contributed by atoms with Gasteiger partial charge in [0, 0.05) is 36.4 Å². The van der Waals surface area contributed by atoms with Crippen molar-refractivity contribution in [1.82, 2.24) is 30.2 Å². The second-order valence-electron chi connectivity index (χ2n) is 5.68. The third-order valence-electron chi connectivity index (χ3n) is 3.91. The SMILES string of the molecule is Nc1nc(-c2ccccn2)nc2scc(C(=O)NCCc3ccncn3)c12. The summed E-state index contributed by atoms with van der Waals surface area (Å²) in [7, 11) is 0. The van der Waals surface area contributed by atoms with Gasteiger partial charge in [-0.05, 0) is 18.2 Å². The van der Waals surface area contributed by atoms with Crippen LogP contribution in [-0.2, 0) is 6.42 Å². The molecule has 0 fully saturated rings. The van der Waals surface area contributed by atoms with E-state index >= 15 is 0 Å². The molecule has 0 saturated heterocycles. The summed E-state index contributed by atoms with van der Waals surface area (Å²) >= 11 is 1.35. The minimum atomic E-state index is -0.212. The van der Waals surface area contributed by atoms with Gasteiger partial charge >= 0.3 is 0 Å². The average molecular weight is 377 g/mol. The lowest BCUT2D eigenvalue weighted by Crippen LogP contribution is -2.25. The maximum absolute atomic E-state index is 12.6. The summed E-state index contributed by atoms with van der Waals surface area (Å²) < 4.78 is 0. The zero-order valence-corrected chi connectivity index (χ0v) is 15.0. The number of anilines is 1. The lowest BCUT2D eigenvalue weighted by Gasteiger charge is -2.06. The van der Waals surface area contributed by atoms with Crippen LogP contribution in [0.5, 0.6) is 0 Å². The maximum Gasteiger partial charge on any atom is 0.252 e. The van der Waals surface area contributed by atoms with Gasteiger partial charge in [-0.2, -0.15) is 0 Å². The van der Waals surface area contributed by atoms with Crippen molar-refractivity contribution in [2.45, 2.75) is 6.42 Å². The van der Waals surface area contributed by atoms with E-state index in [0.717, 1.165) is 5.69 Å². The van der Waals surface area contributed by atoms with Gasteiger partial charge in [0.05, 0.1) is 10.9 Å². The van der Waals surface area contributed by atoms with Crippen LogP contribution in [0.1, 0.15) is 16.1 Å². The van der Waals surface area contributed by atoms with Gasteiger partial charge in [0.25, 0.3) is 5.91 Å². The van der Waals surface area contributed by atoms with Crippen molar-refractivity contribution in [2.75, 3.05) is 12.3 Å². The Morgan fingerprint density at radius 2 is 2.07 bits per heavy atom. The van der Waals surface area contributed by atoms with E-state index in [-0.39, 0.29) is 11.7 Å². The van der Waals surface area contributed by atoms with Gasteiger partial charge in [0.1, 0.15) is 22.7 Å². The topological polar surface area (TPSA) is 120 Å². The number of amides is 1. The number of aromatic nitrogens is 5. The van der Waals surface area contributed by atoms with Gasteiger partial charge < -0.3 is 11.1 Å². The van der Waals surface area contributed by atoms with Crippen molar-refractivity contribution in [3.05, 3.63) is 59.6 Å². The number of thiophene rings is 1. The molecule has 0 aliphatic carbocycles. The third kappa shape index (κ3) is 3.58. The van der Waals surface area contributed by atoms with Crippen molar-refractivity contribution < 1.29 is 4.79 Å². The number of nitrogens with two attached hydrogens (primary N) is 1. The minimum Gasteiger partial charge on any atom is -0.383 e. The Hall–Kier alpha value is -3.46. The molecule has 9 heteroatoms. The fourth-order valence-corrected chi connectivity index (χ4v) is 3.54. The molecular weight excluding hydrogens is 362 g/mol. The van der Waals surface area contributed by atoms with E-state index in [1.54, 1.807) is 17.8 Å². The smallest absolute Gasteiger partial charge is 0.252 e. The van der Waals surface area contributed by atoms with E-state index in [2.05, 4.69) is 30.2 Å². The van der Waals surface area contributed by atoms with Crippen LogP contribution < -0.4 is 11.1 Å². The molecule has 134 valence electrons. The first-order chi connectivity index (χ1) is 13.2. The predicted molar refractivity (Wildman–Crippen MR) is 103 cm³/mol. The Labute approximate surface area is 158 Å². The molecule has 0 saturated carbocycles. The van der Waals surface area contributed by atoms with Gasteiger partial charge in [0.2, 0.25) is 0 Å². The molecule has 0 aliphatic heterocycles. The Morgan fingerprint density at radius 3 is 2.85 bits per heavy atom. The second-order valence-corrected chi connectivity index (χ2v) is 6.54. The fourth-order valence-electron chi connectivity index (χ4n) is 2.61. The zero-order valence-electron chi connectivity index (χ0n) is 14.2. The van der Waals surface area contributed by atoms with Crippen molar-refractivity contribution in [3.8, 4) is 11.5 Å². The highest BCUT2D eigenvalue weighted by Gasteiger charge is 2.18. The number of carbonyl (C=O) groups excluding carboxylic acids is 1. The van der Waals surface area contributed by atoms with Crippen LogP contribution in [0, 0.1) is 0 Å². The molecule has 0 bridgehead atoms. The van der Waals surface area contributed by atoms with Gasteiger partial charge in [-0.15, -0.1) is 11.3 Å². The number of rotatable bonds is 5. The number of nitrogen functional groups attached to an aromatic ring is 1. The molecule has 8 nitrogen and oxygen atoms in total. The number of hydrogen-bond acceptors (Lipinski definition) is 8. The van der Waals surface area contributed by atoms with E-state index < -0.39 is 0 Å². The average Bonchev–Trinajstić information content (AvgIpc) is 3.14. The van der Waals surface area contributed by atoms with Crippen LogP contribution in [0.3, 0.4) is 0 Å². The Bertz CT molecular complexity index is 1080. The van der Waals surface area contributed by atoms with Crippen LogP contribution in [-0.4, -0.2) is 37.4 Å². The Morgan fingerprint density at radius 1 is 1.15 bits per heavy atom. The number of nitrogens with zero attached hydrogens (tertiary/aromatic N) is 5. The molecule has 0 unspecified atom stereocenters. The molecule has 4 rings (SSSR count). The molecule has 0 spiro atoms. The van der Waals surface area contributed by atoms with E-state index in [0.29, 0.717) is 40.3 Å². The number of pyridine rings is 1. The quantitative estimate of drug-likeness (QED) is 0.546. The Balaban J connectivity index is 1.55. The standard InChI is InChI=1S/C18H15N7OS/c19-15-14-12(17(26)22-8-5-11-4-7-20-10-23-11)9-27-18(14)25-16(24-15)13-3-1-2-6-21-13/h1-4,6-7,9-10H,5,8H2,(H,22,26)(H2,19,24,25). The van der Waals surface area contributed by atoms with Crippen LogP contribution in [0.25, 0.3) is 21.7 Å². The first-order valence-corrected chi connectivity index (χ1v) is 9.09. The molecule has 4 aromatic rings. The van der Waals surface area contributed by atoms with Gasteiger partial charge in [-0.3, -0.25) is 9.78 Å². The summed E-state index contributed by atoms with van der Waals surface area (Å²) in [6, 6.07) is 7.31. The first kappa shape index (κ1) is 17.0. The molecule has 0 aliphatic rings. The summed E-state index contributed by atoms with van der Waals surface area (Å²) in [5.74, 6) is 0.497.